The summed E-state index contributed by atoms with van der Waals surface area (Å²) in [6, 6.07) is 15.6. The Morgan fingerprint density at radius 3 is 2.23 bits per heavy atom. The second-order valence-electron chi connectivity index (χ2n) is 6.11. The van der Waals surface area contributed by atoms with Crippen LogP contribution in [-0.2, 0) is 16.4 Å². The molecule has 0 amide bonds. The number of nitrogens with zero attached hydrogens (tertiary/aromatic N) is 2. The van der Waals surface area contributed by atoms with Gasteiger partial charge >= 0.3 is 0 Å². The van der Waals surface area contributed by atoms with E-state index in [1.54, 1.807) is 11.4 Å². The third-order valence-electron chi connectivity index (χ3n) is 4.45. The van der Waals surface area contributed by atoms with Crippen LogP contribution in [0.5, 0.6) is 5.75 Å². The molecule has 0 aliphatic heterocycles. The lowest BCUT2D eigenvalue weighted by molar-refractivity contribution is 0.332. The molecule has 138 valence electrons. The maximum Gasteiger partial charge on any atom is 0.243 e. The Morgan fingerprint density at radius 1 is 1.12 bits per heavy atom. The molecule has 26 heavy (non-hydrogen) atoms. The van der Waals surface area contributed by atoms with E-state index in [2.05, 4.69) is 0 Å². The lowest BCUT2D eigenvalue weighted by Gasteiger charge is -2.28. The molecule has 1 atom stereocenters. The largest absolute Gasteiger partial charge is 0.497 e. The predicted octanol–water partition coefficient (Wildman–Crippen LogP) is 3.60. The van der Waals surface area contributed by atoms with Crippen molar-refractivity contribution in [3.63, 3.8) is 0 Å². The summed E-state index contributed by atoms with van der Waals surface area (Å²) < 4.78 is 32.8. The van der Waals surface area contributed by atoms with Crippen LogP contribution in [0.2, 0.25) is 0 Å². The number of ether oxygens (including phenoxy) is 1. The lowest BCUT2D eigenvalue weighted by Crippen LogP contribution is -2.39. The van der Waals surface area contributed by atoms with Gasteiger partial charge in [0.15, 0.2) is 0 Å². The number of methoxy groups -OCH3 is 1. The van der Waals surface area contributed by atoms with Gasteiger partial charge in [0.25, 0.3) is 0 Å². The van der Waals surface area contributed by atoms with Gasteiger partial charge in [0.2, 0.25) is 10.0 Å². The van der Waals surface area contributed by atoms with Gasteiger partial charge in [-0.25, -0.2) is 8.42 Å². The Bertz CT molecular complexity index is 853. The first-order valence-electron chi connectivity index (χ1n) is 8.57. The van der Waals surface area contributed by atoms with Gasteiger partial charge in [-0.15, -0.1) is 0 Å². The fraction of sp³-hybridized carbons (Fsp3) is 0.350. The van der Waals surface area contributed by atoms with Crippen LogP contribution in [0.1, 0.15) is 31.4 Å². The SMILES string of the molecule is CCC(C)N(CCc1ccc(OC)cc1)S(=O)(=O)c1ccc(C#N)cc1. The quantitative estimate of drug-likeness (QED) is 0.710. The normalized spacial score (nSPS) is 12.6. The Labute approximate surface area is 155 Å². The zero-order valence-corrected chi connectivity index (χ0v) is 16.2. The van der Waals surface area contributed by atoms with Crippen molar-refractivity contribution in [3.05, 3.63) is 59.7 Å². The molecule has 0 heterocycles. The maximum absolute atomic E-state index is 13.1. The second-order valence-corrected chi connectivity index (χ2v) is 8.00. The van der Waals surface area contributed by atoms with Gasteiger partial charge in [0.1, 0.15) is 5.75 Å². The molecule has 2 rings (SSSR count). The van der Waals surface area contributed by atoms with Crippen LogP contribution < -0.4 is 4.74 Å². The summed E-state index contributed by atoms with van der Waals surface area (Å²) in [5.41, 5.74) is 1.49. The predicted molar refractivity (Wildman–Crippen MR) is 101 cm³/mol. The molecule has 6 heteroatoms. The first kappa shape index (κ1) is 20.0. The summed E-state index contributed by atoms with van der Waals surface area (Å²) in [5, 5.41) is 8.90. The molecule has 0 radical (unpaired) electrons. The minimum absolute atomic E-state index is 0.117. The van der Waals surface area contributed by atoms with E-state index in [0.29, 0.717) is 18.5 Å². The van der Waals surface area contributed by atoms with E-state index >= 15 is 0 Å². The van der Waals surface area contributed by atoms with Crippen LogP contribution >= 0.6 is 0 Å². The standard InChI is InChI=1S/C20H24N2O3S/c1-4-16(2)22(14-13-17-5-9-19(25-3)10-6-17)26(23,24)20-11-7-18(15-21)8-12-20/h5-12,16H,4,13-14H2,1-3H3. The van der Waals surface area contributed by atoms with Crippen LogP contribution in [0.15, 0.2) is 53.4 Å². The molecule has 1 unspecified atom stereocenters. The molecule has 0 N–H and O–H groups in total. The summed E-state index contributed by atoms with van der Waals surface area (Å²) >= 11 is 0. The van der Waals surface area contributed by atoms with Crippen molar-refractivity contribution in [2.24, 2.45) is 0 Å². The highest BCUT2D eigenvalue weighted by Crippen LogP contribution is 2.21. The fourth-order valence-electron chi connectivity index (χ4n) is 2.65. The van der Waals surface area contributed by atoms with Gasteiger partial charge in [-0.1, -0.05) is 19.1 Å². The van der Waals surface area contributed by atoms with E-state index < -0.39 is 10.0 Å². The minimum atomic E-state index is -3.62. The van der Waals surface area contributed by atoms with E-state index in [9.17, 15) is 8.42 Å². The highest BCUT2D eigenvalue weighted by molar-refractivity contribution is 7.89. The zero-order valence-electron chi connectivity index (χ0n) is 15.3. The molecule has 0 saturated heterocycles. The number of hydrogen-bond acceptors (Lipinski definition) is 4. The van der Waals surface area contributed by atoms with Crippen LogP contribution in [0.25, 0.3) is 0 Å². The number of hydrogen-bond donors (Lipinski definition) is 0. The highest BCUT2D eigenvalue weighted by atomic mass is 32.2. The van der Waals surface area contributed by atoms with E-state index in [1.165, 1.54) is 24.3 Å². The van der Waals surface area contributed by atoms with Gasteiger partial charge in [0, 0.05) is 12.6 Å². The molecule has 0 spiro atoms. The van der Waals surface area contributed by atoms with Crippen molar-refractivity contribution in [3.8, 4) is 11.8 Å². The van der Waals surface area contributed by atoms with E-state index in [0.717, 1.165) is 17.7 Å². The highest BCUT2D eigenvalue weighted by Gasteiger charge is 2.28. The molecule has 0 fully saturated rings. The van der Waals surface area contributed by atoms with Gasteiger partial charge < -0.3 is 4.74 Å². The number of nitriles is 1. The van der Waals surface area contributed by atoms with Crippen molar-refractivity contribution in [1.82, 2.24) is 4.31 Å². The maximum atomic E-state index is 13.1. The van der Waals surface area contributed by atoms with Crippen LogP contribution in [0, 0.1) is 11.3 Å². The zero-order chi connectivity index (χ0) is 19.2. The summed E-state index contributed by atoms with van der Waals surface area (Å²) in [4.78, 5) is 0.214. The van der Waals surface area contributed by atoms with Gasteiger partial charge in [0.05, 0.1) is 23.6 Å². The summed E-state index contributed by atoms with van der Waals surface area (Å²) in [6.45, 7) is 4.28. The summed E-state index contributed by atoms with van der Waals surface area (Å²) in [7, 11) is -2.01. The topological polar surface area (TPSA) is 70.4 Å². The monoisotopic (exact) mass is 372 g/mol. The third-order valence-corrected chi connectivity index (χ3v) is 6.48. The molecule has 5 nitrogen and oxygen atoms in total. The minimum Gasteiger partial charge on any atom is -0.497 e. The molecule has 0 saturated carbocycles. The van der Waals surface area contributed by atoms with E-state index in [4.69, 9.17) is 10.00 Å². The molecular formula is C20H24N2O3S. The first-order valence-corrected chi connectivity index (χ1v) is 10.0. The van der Waals surface area contributed by atoms with Crippen LogP contribution in [0.4, 0.5) is 0 Å². The summed E-state index contributed by atoms with van der Waals surface area (Å²) in [6.07, 6.45) is 1.34. The number of rotatable bonds is 8. The lowest BCUT2D eigenvalue weighted by atomic mass is 10.1. The molecule has 2 aromatic rings. The Morgan fingerprint density at radius 2 is 1.73 bits per heavy atom. The Kier molecular flexibility index (Phi) is 6.78. The van der Waals surface area contributed by atoms with Crippen LogP contribution in [0.3, 0.4) is 0 Å². The Hall–Kier alpha value is -2.36. The fourth-order valence-corrected chi connectivity index (χ4v) is 4.35. The van der Waals surface area contributed by atoms with E-state index in [-0.39, 0.29) is 10.9 Å². The Balaban J connectivity index is 2.23. The van der Waals surface area contributed by atoms with Crippen molar-refractivity contribution >= 4 is 10.0 Å². The molecule has 0 aliphatic rings. The van der Waals surface area contributed by atoms with Gasteiger partial charge in [-0.3, -0.25) is 0 Å². The molecule has 0 bridgehead atoms. The average molecular weight is 372 g/mol. The summed E-state index contributed by atoms with van der Waals surface area (Å²) in [5.74, 6) is 0.776. The average Bonchev–Trinajstić information content (AvgIpc) is 2.68. The second kappa shape index (κ2) is 8.84. The third kappa shape index (κ3) is 4.63. The van der Waals surface area contributed by atoms with E-state index in [1.807, 2.05) is 44.2 Å². The van der Waals surface area contributed by atoms with Crippen molar-refractivity contribution in [2.75, 3.05) is 13.7 Å². The van der Waals surface area contributed by atoms with Crippen LogP contribution in [-0.4, -0.2) is 32.4 Å². The smallest absolute Gasteiger partial charge is 0.243 e. The molecule has 2 aromatic carbocycles. The molecular weight excluding hydrogens is 348 g/mol. The first-order chi connectivity index (χ1) is 12.4. The van der Waals surface area contributed by atoms with Crippen molar-refractivity contribution in [1.29, 1.82) is 5.26 Å². The molecule has 0 aliphatic carbocycles. The van der Waals surface area contributed by atoms with Gasteiger partial charge in [-0.05, 0) is 61.7 Å². The van der Waals surface area contributed by atoms with Crippen molar-refractivity contribution in [2.45, 2.75) is 37.6 Å². The molecule has 0 aromatic heterocycles. The van der Waals surface area contributed by atoms with Crippen molar-refractivity contribution < 1.29 is 13.2 Å². The van der Waals surface area contributed by atoms with Gasteiger partial charge in [-0.2, -0.15) is 9.57 Å². The number of sulfonamides is 1. The number of benzene rings is 2.